The van der Waals surface area contributed by atoms with Gasteiger partial charge in [0.2, 0.25) is 5.95 Å². The van der Waals surface area contributed by atoms with Crippen molar-refractivity contribution in [1.82, 2.24) is 14.8 Å². The van der Waals surface area contributed by atoms with Gasteiger partial charge in [0.15, 0.2) is 5.82 Å². The van der Waals surface area contributed by atoms with Crippen LogP contribution < -0.4 is 10.2 Å². The molecule has 0 atom stereocenters. The van der Waals surface area contributed by atoms with Gasteiger partial charge in [-0.25, -0.2) is 0 Å². The first kappa shape index (κ1) is 24.2. The van der Waals surface area contributed by atoms with E-state index in [0.717, 1.165) is 22.4 Å². The number of nitrogens with zero attached hydrogens (tertiary/aromatic N) is 4. The fourth-order valence-electron chi connectivity index (χ4n) is 3.72. The molecule has 0 saturated heterocycles. The molecule has 0 saturated carbocycles. The van der Waals surface area contributed by atoms with Crippen LogP contribution in [0.4, 0.5) is 11.6 Å². The Bertz CT molecular complexity index is 1300. The molecular formula is C29H33N5O. The van der Waals surface area contributed by atoms with Gasteiger partial charge in [0.05, 0.1) is 0 Å². The maximum absolute atomic E-state index is 13.5. The molecule has 1 aromatic heterocycles. The summed E-state index contributed by atoms with van der Waals surface area (Å²) in [5.41, 5.74) is 5.99. The smallest absolute Gasteiger partial charge is 0.281 e. The van der Waals surface area contributed by atoms with E-state index in [4.69, 9.17) is 0 Å². The van der Waals surface area contributed by atoms with Crippen molar-refractivity contribution in [3.05, 3.63) is 95.1 Å². The molecule has 0 spiro atoms. The van der Waals surface area contributed by atoms with Gasteiger partial charge in [0.1, 0.15) is 0 Å². The van der Waals surface area contributed by atoms with Gasteiger partial charge in [-0.3, -0.25) is 4.79 Å². The third-order valence-corrected chi connectivity index (χ3v) is 6.01. The third-order valence-electron chi connectivity index (χ3n) is 6.01. The number of anilines is 2. The van der Waals surface area contributed by atoms with Crippen molar-refractivity contribution in [3.8, 4) is 11.4 Å². The lowest BCUT2D eigenvalue weighted by Crippen LogP contribution is -2.18. The largest absolute Gasteiger partial charge is 0.378 e. The summed E-state index contributed by atoms with van der Waals surface area (Å²) >= 11 is 0. The Labute approximate surface area is 207 Å². The molecule has 3 aromatic carbocycles. The normalized spacial score (nSPS) is 11.4. The monoisotopic (exact) mass is 467 g/mol. The number of aryl methyl sites for hydroxylation is 1. The van der Waals surface area contributed by atoms with Crippen LogP contribution in [0.1, 0.15) is 47.8 Å². The lowest BCUT2D eigenvalue weighted by Gasteiger charge is -2.19. The van der Waals surface area contributed by atoms with E-state index in [1.165, 1.54) is 10.2 Å². The van der Waals surface area contributed by atoms with Crippen molar-refractivity contribution in [2.45, 2.75) is 39.7 Å². The number of hydrogen-bond acceptors (Lipinski definition) is 5. The summed E-state index contributed by atoms with van der Waals surface area (Å²) < 4.78 is 1.37. The number of nitrogens with one attached hydrogen (secondary N) is 1. The molecule has 0 unspecified atom stereocenters. The van der Waals surface area contributed by atoms with Crippen LogP contribution in [0.5, 0.6) is 0 Å². The summed E-state index contributed by atoms with van der Waals surface area (Å²) in [6.45, 7) is 9.03. The molecule has 4 aromatic rings. The number of carbonyl (C=O) groups is 1. The average molecular weight is 468 g/mol. The van der Waals surface area contributed by atoms with E-state index >= 15 is 0 Å². The highest BCUT2D eigenvalue weighted by Gasteiger charge is 2.20. The van der Waals surface area contributed by atoms with Crippen molar-refractivity contribution < 1.29 is 4.79 Å². The zero-order valence-corrected chi connectivity index (χ0v) is 21.3. The Kier molecular flexibility index (Phi) is 6.74. The molecule has 1 N–H and O–H groups in total. The summed E-state index contributed by atoms with van der Waals surface area (Å²) in [4.78, 5) is 20.2. The summed E-state index contributed by atoms with van der Waals surface area (Å²) in [5, 5.41) is 7.92. The van der Waals surface area contributed by atoms with Crippen molar-refractivity contribution >= 4 is 17.5 Å². The molecule has 0 fully saturated rings. The molecule has 0 amide bonds. The second-order valence-electron chi connectivity index (χ2n) is 10.1. The molecule has 1 heterocycles. The summed E-state index contributed by atoms with van der Waals surface area (Å²) in [7, 11) is 4.03. The van der Waals surface area contributed by atoms with E-state index < -0.39 is 0 Å². The molecule has 0 aliphatic rings. The van der Waals surface area contributed by atoms with Crippen LogP contribution in [-0.4, -0.2) is 34.8 Å². The van der Waals surface area contributed by atoms with E-state index in [2.05, 4.69) is 65.3 Å². The Morgan fingerprint density at radius 2 is 1.54 bits per heavy atom. The lowest BCUT2D eigenvalue weighted by molar-refractivity contribution is 0.0947. The number of rotatable bonds is 6. The maximum Gasteiger partial charge on any atom is 0.281 e. The quantitative estimate of drug-likeness (QED) is 0.381. The Balaban J connectivity index is 1.64. The van der Waals surface area contributed by atoms with Gasteiger partial charge < -0.3 is 10.2 Å². The van der Waals surface area contributed by atoms with Gasteiger partial charge in [-0.05, 0) is 47.7 Å². The highest BCUT2D eigenvalue weighted by Crippen LogP contribution is 2.24. The first-order chi connectivity index (χ1) is 16.6. The summed E-state index contributed by atoms with van der Waals surface area (Å²) in [6.07, 6.45) is 0. The number of hydrogen-bond donors (Lipinski definition) is 1. The topological polar surface area (TPSA) is 63.1 Å². The van der Waals surface area contributed by atoms with Gasteiger partial charge in [-0.15, -0.1) is 5.10 Å². The summed E-state index contributed by atoms with van der Waals surface area (Å²) in [5.74, 6) is 0.707. The molecule has 35 heavy (non-hydrogen) atoms. The van der Waals surface area contributed by atoms with E-state index in [0.29, 0.717) is 23.9 Å². The molecule has 0 aliphatic heterocycles. The van der Waals surface area contributed by atoms with Gasteiger partial charge in [0.25, 0.3) is 5.91 Å². The number of carbonyl (C=O) groups excluding carboxylic acids is 1. The SMILES string of the molecule is Cc1ccc(-c2nc(NCc3ccc(N(C)C)cc3)n(C(=O)c3ccc(C(C)(C)C)cc3)n2)cc1. The molecule has 0 bridgehead atoms. The van der Waals surface area contributed by atoms with Crippen molar-refractivity contribution in [1.29, 1.82) is 0 Å². The van der Waals surface area contributed by atoms with Crippen LogP contribution >= 0.6 is 0 Å². The van der Waals surface area contributed by atoms with Crippen LogP contribution in [0, 0.1) is 6.92 Å². The number of benzene rings is 3. The van der Waals surface area contributed by atoms with Crippen molar-refractivity contribution in [2.24, 2.45) is 0 Å². The standard InChI is InChI=1S/C29H33N5O/c1-20-7-11-22(12-8-20)26-31-28(30-19-21-9-17-25(18-10-21)33(5)6)34(32-26)27(35)23-13-15-24(16-14-23)29(2,3)4/h7-18H,19H2,1-6H3,(H,30,31,32). The third kappa shape index (κ3) is 5.60. The molecular weight excluding hydrogens is 434 g/mol. The van der Waals surface area contributed by atoms with Crippen molar-refractivity contribution in [3.63, 3.8) is 0 Å². The second kappa shape index (κ2) is 9.74. The lowest BCUT2D eigenvalue weighted by atomic mass is 9.87. The average Bonchev–Trinajstić information content (AvgIpc) is 3.26. The predicted octanol–water partition coefficient (Wildman–Crippen LogP) is 5.92. The van der Waals surface area contributed by atoms with Gasteiger partial charge in [-0.2, -0.15) is 9.67 Å². The van der Waals surface area contributed by atoms with Crippen LogP contribution in [0.3, 0.4) is 0 Å². The molecule has 4 rings (SSSR count). The Hall–Kier alpha value is -3.93. The van der Waals surface area contributed by atoms with E-state index in [1.54, 1.807) is 0 Å². The van der Waals surface area contributed by atoms with Crippen molar-refractivity contribution in [2.75, 3.05) is 24.3 Å². The van der Waals surface area contributed by atoms with Gasteiger partial charge in [-0.1, -0.05) is 74.9 Å². The fourth-order valence-corrected chi connectivity index (χ4v) is 3.72. The second-order valence-corrected chi connectivity index (χ2v) is 10.1. The van der Waals surface area contributed by atoms with Crippen LogP contribution in [0.25, 0.3) is 11.4 Å². The molecule has 6 heteroatoms. The minimum absolute atomic E-state index is 0.0162. The first-order valence-corrected chi connectivity index (χ1v) is 11.8. The van der Waals surface area contributed by atoms with Crippen LogP contribution in [0.2, 0.25) is 0 Å². The molecule has 0 radical (unpaired) electrons. The van der Waals surface area contributed by atoms with Gasteiger partial charge in [0, 0.05) is 37.5 Å². The minimum Gasteiger partial charge on any atom is -0.378 e. The van der Waals surface area contributed by atoms with Crippen LogP contribution in [0.15, 0.2) is 72.8 Å². The van der Waals surface area contributed by atoms with Gasteiger partial charge >= 0.3 is 0 Å². The fraction of sp³-hybridized carbons (Fsp3) is 0.276. The van der Waals surface area contributed by atoms with Crippen LogP contribution in [-0.2, 0) is 12.0 Å². The minimum atomic E-state index is -0.221. The zero-order valence-electron chi connectivity index (χ0n) is 21.3. The first-order valence-electron chi connectivity index (χ1n) is 11.8. The maximum atomic E-state index is 13.5. The zero-order chi connectivity index (χ0) is 25.2. The predicted molar refractivity (Wildman–Crippen MR) is 143 cm³/mol. The van der Waals surface area contributed by atoms with E-state index in [-0.39, 0.29) is 11.3 Å². The molecule has 6 nitrogen and oxygen atoms in total. The molecule has 0 aliphatic carbocycles. The van der Waals surface area contributed by atoms with E-state index in [9.17, 15) is 4.79 Å². The highest BCUT2D eigenvalue weighted by molar-refractivity contribution is 5.97. The molecule has 180 valence electrons. The Morgan fingerprint density at radius 1 is 0.914 bits per heavy atom. The Morgan fingerprint density at radius 3 is 2.11 bits per heavy atom. The summed E-state index contributed by atoms with van der Waals surface area (Å²) in [6, 6.07) is 24.0. The van der Waals surface area contributed by atoms with E-state index in [1.807, 2.05) is 69.6 Å². The number of aromatic nitrogens is 3. The highest BCUT2D eigenvalue weighted by atomic mass is 16.2.